The van der Waals surface area contributed by atoms with E-state index in [4.69, 9.17) is 0 Å². The second-order valence-electron chi connectivity index (χ2n) is 7.51. The number of nitrogens with one attached hydrogen (secondary N) is 2. The minimum Gasteiger partial charge on any atom is -0.369 e. The van der Waals surface area contributed by atoms with Gasteiger partial charge in [0.15, 0.2) is 0 Å². The third kappa shape index (κ3) is 5.03. The first kappa shape index (κ1) is 19.2. The summed E-state index contributed by atoms with van der Waals surface area (Å²) in [6.45, 7) is 7.19. The summed E-state index contributed by atoms with van der Waals surface area (Å²) >= 11 is 0. The minimum atomic E-state index is 0.618. The highest BCUT2D eigenvalue weighted by Gasteiger charge is 2.14. The summed E-state index contributed by atoms with van der Waals surface area (Å²) in [4.78, 5) is 13.7. The van der Waals surface area contributed by atoms with Crippen molar-refractivity contribution in [2.24, 2.45) is 0 Å². The van der Waals surface area contributed by atoms with Crippen LogP contribution in [0.2, 0.25) is 0 Å². The van der Waals surface area contributed by atoms with E-state index >= 15 is 0 Å². The molecular weight excluding hydrogens is 360 g/mol. The van der Waals surface area contributed by atoms with Gasteiger partial charge in [-0.25, -0.2) is 4.98 Å². The monoisotopic (exact) mass is 388 g/mol. The number of rotatable bonds is 6. The lowest BCUT2D eigenvalue weighted by atomic mass is 10.1. The van der Waals surface area contributed by atoms with Crippen molar-refractivity contribution in [3.63, 3.8) is 0 Å². The van der Waals surface area contributed by atoms with Crippen molar-refractivity contribution in [2.75, 3.05) is 48.8 Å². The lowest BCUT2D eigenvalue weighted by Crippen LogP contribution is -2.44. The second kappa shape index (κ2) is 8.92. The molecule has 1 aromatic heterocycles. The van der Waals surface area contributed by atoms with Gasteiger partial charge in [0.2, 0.25) is 5.95 Å². The van der Waals surface area contributed by atoms with Gasteiger partial charge in [-0.05, 0) is 55.4 Å². The van der Waals surface area contributed by atoms with Crippen LogP contribution in [-0.4, -0.2) is 48.1 Å². The zero-order chi connectivity index (χ0) is 20.1. The number of aryl methyl sites for hydroxylation is 1. The fourth-order valence-corrected chi connectivity index (χ4v) is 3.46. The van der Waals surface area contributed by atoms with Gasteiger partial charge in [0.05, 0.1) is 0 Å². The van der Waals surface area contributed by atoms with Gasteiger partial charge in [0.1, 0.15) is 5.82 Å². The number of benzene rings is 2. The summed E-state index contributed by atoms with van der Waals surface area (Å²) in [7, 11) is 2.18. The Labute approximate surface area is 172 Å². The molecule has 1 aliphatic heterocycles. The zero-order valence-corrected chi connectivity index (χ0v) is 17.1. The summed E-state index contributed by atoms with van der Waals surface area (Å²) in [6, 6.07) is 18.8. The molecule has 1 fully saturated rings. The fraction of sp³-hybridized carbons (Fsp3) is 0.304. The Hall–Kier alpha value is -3.12. The lowest BCUT2D eigenvalue weighted by molar-refractivity contribution is 0.313. The van der Waals surface area contributed by atoms with Crippen LogP contribution in [-0.2, 0) is 6.54 Å². The molecule has 6 nitrogen and oxygen atoms in total. The molecule has 2 heterocycles. The molecular formula is C23H28N6. The molecule has 0 saturated carbocycles. The van der Waals surface area contributed by atoms with E-state index in [1.54, 1.807) is 6.20 Å². The van der Waals surface area contributed by atoms with Gasteiger partial charge in [0.25, 0.3) is 0 Å². The standard InChI is InChI=1S/C23H28N6/c1-18-5-3-4-6-19(18)17-25-23-24-12-11-22(27-23)26-20-7-9-21(10-8-20)29-15-13-28(2)14-16-29/h3-12H,13-17H2,1-2H3,(H2,24,25,26,27). The van der Waals surface area contributed by atoms with Crippen molar-refractivity contribution in [1.82, 2.24) is 14.9 Å². The molecule has 29 heavy (non-hydrogen) atoms. The van der Waals surface area contributed by atoms with Crippen molar-refractivity contribution >= 4 is 23.1 Å². The molecule has 0 atom stereocenters. The van der Waals surface area contributed by atoms with E-state index in [1.807, 2.05) is 6.07 Å². The number of likely N-dealkylation sites (N-methyl/N-ethyl adjacent to an activating group) is 1. The topological polar surface area (TPSA) is 56.3 Å². The molecule has 1 saturated heterocycles. The van der Waals surface area contributed by atoms with Crippen LogP contribution in [0.1, 0.15) is 11.1 Å². The van der Waals surface area contributed by atoms with Gasteiger partial charge >= 0.3 is 0 Å². The molecule has 0 bridgehead atoms. The van der Waals surface area contributed by atoms with Crippen LogP contribution in [0.5, 0.6) is 0 Å². The Morgan fingerprint density at radius 3 is 2.45 bits per heavy atom. The number of piperazine rings is 1. The van der Waals surface area contributed by atoms with E-state index in [2.05, 4.69) is 92.9 Å². The Balaban J connectivity index is 1.37. The molecule has 0 unspecified atom stereocenters. The normalized spacial score (nSPS) is 14.6. The Bertz CT molecular complexity index is 932. The number of hydrogen-bond donors (Lipinski definition) is 2. The minimum absolute atomic E-state index is 0.618. The van der Waals surface area contributed by atoms with Gasteiger partial charge in [-0.3, -0.25) is 0 Å². The molecule has 4 rings (SSSR count). The van der Waals surface area contributed by atoms with Crippen LogP contribution in [0.3, 0.4) is 0 Å². The molecule has 2 N–H and O–H groups in total. The average molecular weight is 389 g/mol. The van der Waals surface area contributed by atoms with Crippen LogP contribution in [0, 0.1) is 6.92 Å². The highest BCUT2D eigenvalue weighted by atomic mass is 15.2. The first-order valence-electron chi connectivity index (χ1n) is 10.1. The fourth-order valence-electron chi connectivity index (χ4n) is 3.46. The van der Waals surface area contributed by atoms with E-state index in [0.717, 1.165) is 37.7 Å². The third-order valence-corrected chi connectivity index (χ3v) is 5.36. The van der Waals surface area contributed by atoms with Crippen molar-refractivity contribution in [3.05, 3.63) is 71.9 Å². The average Bonchev–Trinajstić information content (AvgIpc) is 2.75. The summed E-state index contributed by atoms with van der Waals surface area (Å²) in [5.74, 6) is 1.40. The van der Waals surface area contributed by atoms with Crippen LogP contribution >= 0.6 is 0 Å². The van der Waals surface area contributed by atoms with Gasteiger partial charge in [-0.15, -0.1) is 0 Å². The lowest BCUT2D eigenvalue weighted by Gasteiger charge is -2.34. The predicted molar refractivity (Wildman–Crippen MR) is 120 cm³/mol. The number of anilines is 4. The largest absolute Gasteiger partial charge is 0.369 e. The molecule has 0 aliphatic carbocycles. The van der Waals surface area contributed by atoms with Crippen LogP contribution < -0.4 is 15.5 Å². The molecule has 6 heteroatoms. The number of aromatic nitrogens is 2. The highest BCUT2D eigenvalue weighted by molar-refractivity contribution is 5.61. The van der Waals surface area contributed by atoms with Crippen molar-refractivity contribution in [2.45, 2.75) is 13.5 Å². The Morgan fingerprint density at radius 1 is 0.931 bits per heavy atom. The Morgan fingerprint density at radius 2 is 1.69 bits per heavy atom. The van der Waals surface area contributed by atoms with Gasteiger partial charge < -0.3 is 20.4 Å². The molecule has 150 valence electrons. The highest BCUT2D eigenvalue weighted by Crippen LogP contribution is 2.21. The first-order chi connectivity index (χ1) is 14.2. The summed E-state index contributed by atoms with van der Waals surface area (Å²) in [5, 5.41) is 6.68. The van der Waals surface area contributed by atoms with Crippen LogP contribution in [0.25, 0.3) is 0 Å². The molecule has 0 amide bonds. The van der Waals surface area contributed by atoms with E-state index < -0.39 is 0 Å². The van der Waals surface area contributed by atoms with Gasteiger partial charge in [0, 0.05) is 50.3 Å². The number of nitrogens with zero attached hydrogens (tertiary/aromatic N) is 4. The molecule has 1 aliphatic rings. The summed E-state index contributed by atoms with van der Waals surface area (Å²) < 4.78 is 0. The SMILES string of the molecule is Cc1ccccc1CNc1nccc(Nc2ccc(N3CCN(C)CC3)cc2)n1. The van der Waals surface area contributed by atoms with Crippen molar-refractivity contribution < 1.29 is 0 Å². The number of hydrogen-bond acceptors (Lipinski definition) is 6. The molecule has 2 aromatic carbocycles. The third-order valence-electron chi connectivity index (χ3n) is 5.36. The summed E-state index contributed by atoms with van der Waals surface area (Å²) in [5.41, 5.74) is 4.79. The van der Waals surface area contributed by atoms with Crippen LogP contribution in [0.15, 0.2) is 60.8 Å². The maximum absolute atomic E-state index is 4.58. The Kier molecular flexibility index (Phi) is 5.91. The van der Waals surface area contributed by atoms with Gasteiger partial charge in [-0.2, -0.15) is 4.98 Å². The van der Waals surface area contributed by atoms with Gasteiger partial charge in [-0.1, -0.05) is 24.3 Å². The van der Waals surface area contributed by atoms with E-state index in [9.17, 15) is 0 Å². The van der Waals surface area contributed by atoms with Crippen molar-refractivity contribution in [3.8, 4) is 0 Å². The maximum Gasteiger partial charge on any atom is 0.224 e. The summed E-state index contributed by atoms with van der Waals surface area (Å²) in [6.07, 6.45) is 1.77. The quantitative estimate of drug-likeness (QED) is 0.668. The second-order valence-corrected chi connectivity index (χ2v) is 7.51. The van der Waals surface area contributed by atoms with Crippen molar-refractivity contribution in [1.29, 1.82) is 0 Å². The van der Waals surface area contributed by atoms with E-state index in [1.165, 1.54) is 16.8 Å². The molecule has 0 spiro atoms. The maximum atomic E-state index is 4.58. The van der Waals surface area contributed by atoms with E-state index in [0.29, 0.717) is 12.5 Å². The smallest absolute Gasteiger partial charge is 0.224 e. The van der Waals surface area contributed by atoms with Crippen LogP contribution in [0.4, 0.5) is 23.1 Å². The first-order valence-corrected chi connectivity index (χ1v) is 10.1. The molecule has 0 radical (unpaired) electrons. The predicted octanol–water partition coefficient (Wildman–Crippen LogP) is 3.89. The van der Waals surface area contributed by atoms with E-state index in [-0.39, 0.29) is 0 Å². The zero-order valence-electron chi connectivity index (χ0n) is 17.1. The molecule has 3 aromatic rings.